The van der Waals surface area contributed by atoms with Gasteiger partial charge in [0.2, 0.25) is 0 Å². The highest BCUT2D eigenvalue weighted by Gasteiger charge is 2.19. The first-order valence-electron chi connectivity index (χ1n) is 6.73. The zero-order valence-corrected chi connectivity index (χ0v) is 12.0. The van der Waals surface area contributed by atoms with Crippen LogP contribution in [0.3, 0.4) is 0 Å². The Labute approximate surface area is 120 Å². The molecule has 4 nitrogen and oxygen atoms in total. The maximum atomic E-state index is 11.4. The van der Waals surface area contributed by atoms with E-state index in [9.17, 15) is 9.90 Å². The van der Waals surface area contributed by atoms with Crippen LogP contribution in [0.4, 0.5) is 0 Å². The molecule has 1 rings (SSSR count). The summed E-state index contributed by atoms with van der Waals surface area (Å²) in [6, 6.07) is 9.50. The Morgan fingerprint density at radius 2 is 2.00 bits per heavy atom. The fourth-order valence-corrected chi connectivity index (χ4v) is 1.63. The number of esters is 1. The van der Waals surface area contributed by atoms with Gasteiger partial charge < -0.3 is 14.6 Å². The Morgan fingerprint density at radius 1 is 1.35 bits per heavy atom. The summed E-state index contributed by atoms with van der Waals surface area (Å²) in [5, 5.41) is 9.61. The second-order valence-corrected chi connectivity index (χ2v) is 4.77. The van der Waals surface area contributed by atoms with Gasteiger partial charge in [-0.1, -0.05) is 24.8 Å². The summed E-state index contributed by atoms with van der Waals surface area (Å²) in [6.07, 6.45) is -0.00846. The van der Waals surface area contributed by atoms with Crippen molar-refractivity contribution >= 4 is 5.97 Å². The number of aliphatic hydroxyl groups is 1. The van der Waals surface area contributed by atoms with E-state index >= 15 is 0 Å². The molecular formula is C16H22O4. The Balaban J connectivity index is 2.32. The predicted molar refractivity (Wildman–Crippen MR) is 77.5 cm³/mol. The number of ether oxygens (including phenoxy) is 2. The molecule has 0 bridgehead atoms. The largest absolute Gasteiger partial charge is 0.494 e. The lowest BCUT2D eigenvalue weighted by molar-refractivity contribution is -0.150. The Bertz CT molecular complexity index is 425. The molecule has 110 valence electrons. The average molecular weight is 278 g/mol. The van der Waals surface area contributed by atoms with Crippen molar-refractivity contribution in [3.8, 4) is 5.75 Å². The molecule has 0 aliphatic carbocycles. The minimum absolute atomic E-state index is 0.330. The van der Waals surface area contributed by atoms with E-state index in [1.165, 1.54) is 0 Å². The summed E-state index contributed by atoms with van der Waals surface area (Å²) in [4.78, 5) is 11.4. The zero-order chi connectivity index (χ0) is 15.0. The summed E-state index contributed by atoms with van der Waals surface area (Å²) in [5.74, 6) is 0.333. The van der Waals surface area contributed by atoms with Gasteiger partial charge in [0.1, 0.15) is 11.9 Å². The molecule has 0 aliphatic rings. The molecule has 0 fully saturated rings. The number of hydrogen-bond donors (Lipinski definition) is 1. The van der Waals surface area contributed by atoms with Crippen molar-refractivity contribution in [2.75, 3.05) is 6.61 Å². The molecule has 4 heteroatoms. The predicted octanol–water partition coefficient (Wildman–Crippen LogP) is 2.71. The summed E-state index contributed by atoms with van der Waals surface area (Å²) in [7, 11) is 0. The van der Waals surface area contributed by atoms with Gasteiger partial charge in [0.25, 0.3) is 0 Å². The maximum absolute atomic E-state index is 11.4. The Kier molecular flexibility index (Phi) is 6.81. The molecule has 0 aliphatic heterocycles. The second-order valence-electron chi connectivity index (χ2n) is 4.77. The second kappa shape index (κ2) is 8.38. The molecular weight excluding hydrogens is 256 g/mol. The number of carbonyl (C=O) groups excluding carboxylic acids is 1. The first-order chi connectivity index (χ1) is 9.50. The minimum atomic E-state index is -0.713. The van der Waals surface area contributed by atoms with E-state index < -0.39 is 18.2 Å². The number of benzene rings is 1. The van der Waals surface area contributed by atoms with Crippen LogP contribution in [0.2, 0.25) is 0 Å². The maximum Gasteiger partial charge on any atom is 0.333 e. The van der Waals surface area contributed by atoms with Gasteiger partial charge in [-0.05, 0) is 38.8 Å². The normalized spacial score (nSPS) is 13.3. The number of carbonyl (C=O) groups is 1. The van der Waals surface area contributed by atoms with Crippen molar-refractivity contribution in [1.29, 1.82) is 0 Å². The molecule has 2 unspecified atom stereocenters. The molecule has 0 saturated heterocycles. The van der Waals surface area contributed by atoms with Gasteiger partial charge in [0.15, 0.2) is 0 Å². The number of hydrogen-bond acceptors (Lipinski definition) is 4. The topological polar surface area (TPSA) is 55.8 Å². The third-order valence-electron chi connectivity index (χ3n) is 2.79. The molecule has 20 heavy (non-hydrogen) atoms. The standard InChI is InChI=1S/C16H22O4/c1-12(2)16(18)20-15(13(3)17)10-7-11-19-14-8-5-4-6-9-14/h4-6,8-9,13,15,17H,1,7,10-11H2,2-3H3. The molecule has 0 radical (unpaired) electrons. The summed E-state index contributed by atoms with van der Waals surface area (Å²) < 4.78 is 10.7. The average Bonchev–Trinajstić information content (AvgIpc) is 2.42. The summed E-state index contributed by atoms with van der Waals surface area (Å²) >= 11 is 0. The lowest BCUT2D eigenvalue weighted by Gasteiger charge is -2.20. The van der Waals surface area contributed by atoms with Crippen molar-refractivity contribution in [3.05, 3.63) is 42.5 Å². The fourth-order valence-electron chi connectivity index (χ4n) is 1.63. The zero-order valence-electron chi connectivity index (χ0n) is 12.0. The van der Waals surface area contributed by atoms with Gasteiger partial charge in [-0.25, -0.2) is 4.79 Å². The van der Waals surface area contributed by atoms with Gasteiger partial charge in [-0.15, -0.1) is 0 Å². The van der Waals surface area contributed by atoms with Gasteiger partial charge in [-0.2, -0.15) is 0 Å². The van der Waals surface area contributed by atoms with E-state index in [1.54, 1.807) is 13.8 Å². The molecule has 2 atom stereocenters. The van der Waals surface area contributed by atoms with E-state index in [0.717, 1.165) is 5.75 Å². The molecule has 1 aromatic rings. The van der Waals surface area contributed by atoms with Crippen molar-refractivity contribution in [2.24, 2.45) is 0 Å². The van der Waals surface area contributed by atoms with Crippen LogP contribution < -0.4 is 4.74 Å². The lowest BCUT2D eigenvalue weighted by atomic mass is 10.1. The number of para-hydroxylation sites is 1. The summed E-state index contributed by atoms with van der Waals surface area (Å²) in [6.45, 7) is 7.22. The van der Waals surface area contributed by atoms with Crippen LogP contribution in [0.5, 0.6) is 5.75 Å². The minimum Gasteiger partial charge on any atom is -0.494 e. The highest BCUT2D eigenvalue weighted by molar-refractivity contribution is 5.87. The summed E-state index contributed by atoms with van der Waals surface area (Å²) in [5.41, 5.74) is 0.330. The van der Waals surface area contributed by atoms with Crippen LogP contribution in [-0.4, -0.2) is 29.9 Å². The molecule has 1 N–H and O–H groups in total. The van der Waals surface area contributed by atoms with Gasteiger partial charge in [0.05, 0.1) is 12.7 Å². The van der Waals surface area contributed by atoms with Crippen LogP contribution in [0.1, 0.15) is 26.7 Å². The van der Waals surface area contributed by atoms with Crippen LogP contribution in [0, 0.1) is 0 Å². The van der Waals surface area contributed by atoms with E-state index in [4.69, 9.17) is 9.47 Å². The smallest absolute Gasteiger partial charge is 0.333 e. The molecule has 0 amide bonds. The van der Waals surface area contributed by atoms with Crippen molar-refractivity contribution in [2.45, 2.75) is 38.9 Å². The highest BCUT2D eigenvalue weighted by atomic mass is 16.6. The van der Waals surface area contributed by atoms with Crippen molar-refractivity contribution < 1.29 is 19.4 Å². The third kappa shape index (κ3) is 5.89. The molecule has 1 aromatic carbocycles. The third-order valence-corrected chi connectivity index (χ3v) is 2.79. The van der Waals surface area contributed by atoms with E-state index in [1.807, 2.05) is 30.3 Å². The van der Waals surface area contributed by atoms with Crippen molar-refractivity contribution in [3.63, 3.8) is 0 Å². The van der Waals surface area contributed by atoms with E-state index in [2.05, 4.69) is 6.58 Å². The Hall–Kier alpha value is -1.81. The van der Waals surface area contributed by atoms with Crippen LogP contribution >= 0.6 is 0 Å². The lowest BCUT2D eigenvalue weighted by Crippen LogP contribution is -2.29. The molecule has 0 aromatic heterocycles. The van der Waals surface area contributed by atoms with E-state index in [0.29, 0.717) is 25.0 Å². The SMILES string of the molecule is C=C(C)C(=O)OC(CCCOc1ccccc1)C(C)O. The van der Waals surface area contributed by atoms with Crippen molar-refractivity contribution in [1.82, 2.24) is 0 Å². The van der Waals surface area contributed by atoms with Crippen LogP contribution in [0.25, 0.3) is 0 Å². The van der Waals surface area contributed by atoms with Gasteiger partial charge >= 0.3 is 5.97 Å². The number of rotatable bonds is 8. The highest BCUT2D eigenvalue weighted by Crippen LogP contribution is 2.12. The van der Waals surface area contributed by atoms with E-state index in [-0.39, 0.29) is 0 Å². The quantitative estimate of drug-likeness (QED) is 0.451. The fraction of sp³-hybridized carbons (Fsp3) is 0.438. The first-order valence-corrected chi connectivity index (χ1v) is 6.73. The molecule has 0 saturated carbocycles. The Morgan fingerprint density at radius 3 is 2.55 bits per heavy atom. The molecule has 0 spiro atoms. The van der Waals surface area contributed by atoms with Crippen LogP contribution in [-0.2, 0) is 9.53 Å². The molecule has 0 heterocycles. The monoisotopic (exact) mass is 278 g/mol. The van der Waals surface area contributed by atoms with Gasteiger partial charge in [0, 0.05) is 5.57 Å². The first kappa shape index (κ1) is 16.2. The van der Waals surface area contributed by atoms with Gasteiger partial charge in [-0.3, -0.25) is 0 Å². The number of aliphatic hydroxyl groups excluding tert-OH is 1. The van der Waals surface area contributed by atoms with Crippen LogP contribution in [0.15, 0.2) is 42.5 Å².